The highest BCUT2D eigenvalue weighted by Gasteiger charge is 2.17. The third-order valence-electron chi connectivity index (χ3n) is 4.58. The molecule has 6 nitrogen and oxygen atoms in total. The first-order chi connectivity index (χ1) is 14.6. The SMILES string of the molecule is COc1ccc(-c2nnc(SCc3cc(-c4ccccc4)on3)n2CC(C)C)cc1. The number of hydrogen-bond donors (Lipinski definition) is 0. The van der Waals surface area contributed by atoms with Gasteiger partial charge in [0.2, 0.25) is 0 Å². The highest BCUT2D eigenvalue weighted by Crippen LogP contribution is 2.29. The van der Waals surface area contributed by atoms with Gasteiger partial charge < -0.3 is 13.8 Å². The Kier molecular flexibility index (Phi) is 6.18. The second-order valence-corrected chi connectivity index (χ2v) is 8.32. The largest absolute Gasteiger partial charge is 0.497 e. The smallest absolute Gasteiger partial charge is 0.191 e. The van der Waals surface area contributed by atoms with Crippen LogP contribution in [0.2, 0.25) is 0 Å². The van der Waals surface area contributed by atoms with Crippen LogP contribution >= 0.6 is 11.8 Å². The summed E-state index contributed by atoms with van der Waals surface area (Å²) in [5, 5.41) is 14.0. The number of aromatic nitrogens is 4. The summed E-state index contributed by atoms with van der Waals surface area (Å²) < 4.78 is 13.0. The Hall–Kier alpha value is -3.06. The first-order valence-electron chi connectivity index (χ1n) is 9.85. The zero-order valence-electron chi connectivity index (χ0n) is 17.3. The van der Waals surface area contributed by atoms with Crippen LogP contribution in [0.3, 0.4) is 0 Å². The van der Waals surface area contributed by atoms with E-state index in [2.05, 4.69) is 33.8 Å². The number of ether oxygens (including phenoxy) is 1. The van der Waals surface area contributed by atoms with Gasteiger partial charge >= 0.3 is 0 Å². The summed E-state index contributed by atoms with van der Waals surface area (Å²) in [6, 6.07) is 19.9. The van der Waals surface area contributed by atoms with Gasteiger partial charge in [0, 0.05) is 29.5 Å². The third-order valence-corrected chi connectivity index (χ3v) is 5.58. The molecule has 0 N–H and O–H groups in total. The molecule has 0 bridgehead atoms. The van der Waals surface area contributed by atoms with E-state index in [0.717, 1.165) is 45.9 Å². The molecular weight excluding hydrogens is 396 g/mol. The van der Waals surface area contributed by atoms with E-state index in [-0.39, 0.29) is 0 Å². The van der Waals surface area contributed by atoms with E-state index in [1.54, 1.807) is 18.9 Å². The Balaban J connectivity index is 1.54. The van der Waals surface area contributed by atoms with Crippen LogP contribution in [-0.2, 0) is 12.3 Å². The number of thioether (sulfide) groups is 1. The fourth-order valence-corrected chi connectivity index (χ4v) is 3.96. The second kappa shape index (κ2) is 9.17. The Labute approximate surface area is 180 Å². The molecule has 30 heavy (non-hydrogen) atoms. The molecule has 4 aromatic rings. The summed E-state index contributed by atoms with van der Waals surface area (Å²) in [6.07, 6.45) is 0. The molecule has 0 aliphatic carbocycles. The summed E-state index contributed by atoms with van der Waals surface area (Å²) in [4.78, 5) is 0. The lowest BCUT2D eigenvalue weighted by Crippen LogP contribution is -2.08. The van der Waals surface area contributed by atoms with E-state index in [0.29, 0.717) is 11.7 Å². The second-order valence-electron chi connectivity index (χ2n) is 7.38. The van der Waals surface area contributed by atoms with Crippen LogP contribution < -0.4 is 4.74 Å². The highest BCUT2D eigenvalue weighted by molar-refractivity contribution is 7.98. The first kappa shape index (κ1) is 20.2. The lowest BCUT2D eigenvalue weighted by atomic mass is 10.2. The third kappa shape index (κ3) is 4.57. The van der Waals surface area contributed by atoms with Crippen LogP contribution in [0.4, 0.5) is 0 Å². The summed E-state index contributed by atoms with van der Waals surface area (Å²) in [6.45, 7) is 5.22. The number of nitrogens with zero attached hydrogens (tertiary/aromatic N) is 4. The van der Waals surface area contributed by atoms with E-state index in [1.807, 2.05) is 60.7 Å². The zero-order valence-corrected chi connectivity index (χ0v) is 18.1. The van der Waals surface area contributed by atoms with E-state index >= 15 is 0 Å². The van der Waals surface area contributed by atoms with Crippen LogP contribution in [0.25, 0.3) is 22.7 Å². The van der Waals surface area contributed by atoms with E-state index in [9.17, 15) is 0 Å². The van der Waals surface area contributed by atoms with Crippen molar-refractivity contribution in [1.29, 1.82) is 0 Å². The highest BCUT2D eigenvalue weighted by atomic mass is 32.2. The predicted octanol–water partition coefficient (Wildman–Crippen LogP) is 5.56. The van der Waals surface area contributed by atoms with Gasteiger partial charge in [-0.3, -0.25) is 0 Å². The summed E-state index contributed by atoms with van der Waals surface area (Å²) >= 11 is 1.62. The van der Waals surface area contributed by atoms with Crippen LogP contribution in [0.1, 0.15) is 19.5 Å². The summed E-state index contributed by atoms with van der Waals surface area (Å²) in [5.41, 5.74) is 2.92. The van der Waals surface area contributed by atoms with Gasteiger partial charge in [-0.2, -0.15) is 0 Å². The van der Waals surface area contributed by atoms with Crippen molar-refractivity contribution in [2.75, 3.05) is 7.11 Å². The molecule has 0 fully saturated rings. The molecular formula is C23H24N4O2S. The molecule has 0 atom stereocenters. The number of hydrogen-bond acceptors (Lipinski definition) is 6. The van der Waals surface area contributed by atoms with Crippen molar-refractivity contribution in [1.82, 2.24) is 19.9 Å². The summed E-state index contributed by atoms with van der Waals surface area (Å²) in [7, 11) is 1.66. The Morgan fingerprint density at radius 1 is 1.00 bits per heavy atom. The molecule has 0 saturated carbocycles. The van der Waals surface area contributed by atoms with Crippen molar-refractivity contribution in [2.45, 2.75) is 31.3 Å². The first-order valence-corrected chi connectivity index (χ1v) is 10.8. The van der Waals surface area contributed by atoms with Crippen molar-refractivity contribution in [3.63, 3.8) is 0 Å². The lowest BCUT2D eigenvalue weighted by molar-refractivity contribution is 0.415. The van der Waals surface area contributed by atoms with Gasteiger partial charge in [-0.1, -0.05) is 61.1 Å². The van der Waals surface area contributed by atoms with Crippen LogP contribution in [0, 0.1) is 5.92 Å². The molecule has 0 amide bonds. The average molecular weight is 421 g/mol. The molecule has 2 aromatic heterocycles. The quantitative estimate of drug-likeness (QED) is 0.348. The fourth-order valence-electron chi connectivity index (χ4n) is 3.14. The molecule has 4 rings (SSSR count). The van der Waals surface area contributed by atoms with Crippen molar-refractivity contribution < 1.29 is 9.26 Å². The van der Waals surface area contributed by atoms with Crippen molar-refractivity contribution in [3.05, 3.63) is 66.4 Å². The number of rotatable bonds is 8. The maximum atomic E-state index is 5.51. The minimum absolute atomic E-state index is 0.467. The molecule has 2 heterocycles. The number of benzene rings is 2. The van der Waals surface area contributed by atoms with Crippen LogP contribution in [-0.4, -0.2) is 27.0 Å². The maximum absolute atomic E-state index is 5.51. The van der Waals surface area contributed by atoms with Gasteiger partial charge in [0.1, 0.15) is 5.75 Å². The molecule has 154 valence electrons. The molecule has 0 radical (unpaired) electrons. The van der Waals surface area contributed by atoms with E-state index in [1.165, 1.54) is 0 Å². The van der Waals surface area contributed by atoms with Crippen molar-refractivity contribution in [2.24, 2.45) is 5.92 Å². The predicted molar refractivity (Wildman–Crippen MR) is 118 cm³/mol. The zero-order chi connectivity index (χ0) is 20.9. The molecule has 0 spiro atoms. The molecule has 0 saturated heterocycles. The standard InChI is InChI=1S/C23H24N4O2S/c1-16(2)14-27-22(18-9-11-20(28-3)12-10-18)24-25-23(27)30-15-19-13-21(29-26-19)17-7-5-4-6-8-17/h4-13,16H,14-15H2,1-3H3. The van der Waals surface area contributed by atoms with E-state index in [4.69, 9.17) is 9.26 Å². The Morgan fingerprint density at radius 2 is 1.77 bits per heavy atom. The van der Waals surface area contributed by atoms with Gasteiger partial charge in [0.15, 0.2) is 16.7 Å². The topological polar surface area (TPSA) is 66.0 Å². The Bertz CT molecular complexity index is 1090. The Morgan fingerprint density at radius 3 is 2.47 bits per heavy atom. The molecule has 2 aromatic carbocycles. The van der Waals surface area contributed by atoms with E-state index < -0.39 is 0 Å². The fraction of sp³-hybridized carbons (Fsp3) is 0.261. The van der Waals surface area contributed by atoms with Crippen LogP contribution in [0.15, 0.2) is 70.3 Å². The van der Waals surface area contributed by atoms with Gasteiger partial charge in [-0.05, 0) is 30.2 Å². The maximum Gasteiger partial charge on any atom is 0.191 e. The van der Waals surface area contributed by atoms with Gasteiger partial charge in [-0.25, -0.2) is 0 Å². The average Bonchev–Trinajstić information content (AvgIpc) is 3.40. The monoisotopic (exact) mass is 420 g/mol. The minimum Gasteiger partial charge on any atom is -0.497 e. The number of methoxy groups -OCH3 is 1. The van der Waals surface area contributed by atoms with Gasteiger partial charge in [0.05, 0.1) is 12.8 Å². The van der Waals surface area contributed by atoms with Crippen LogP contribution in [0.5, 0.6) is 5.75 Å². The molecule has 0 unspecified atom stereocenters. The molecule has 7 heteroatoms. The molecule has 0 aliphatic heterocycles. The minimum atomic E-state index is 0.467. The molecule has 0 aliphatic rings. The van der Waals surface area contributed by atoms with Crippen molar-refractivity contribution >= 4 is 11.8 Å². The summed E-state index contributed by atoms with van der Waals surface area (Å²) in [5.74, 6) is 3.58. The van der Waals surface area contributed by atoms with Gasteiger partial charge in [-0.15, -0.1) is 10.2 Å². The lowest BCUT2D eigenvalue weighted by Gasteiger charge is -2.12. The van der Waals surface area contributed by atoms with Crippen molar-refractivity contribution in [3.8, 4) is 28.5 Å². The normalized spacial score (nSPS) is 11.2. The van der Waals surface area contributed by atoms with Gasteiger partial charge in [0.25, 0.3) is 0 Å².